The summed E-state index contributed by atoms with van der Waals surface area (Å²) in [4.78, 5) is 10.8. The molecular formula is C8H11F5O5S. The molecule has 0 radical (unpaired) electrons. The highest BCUT2D eigenvalue weighted by atomic mass is 32.2. The number of carboxylic acids is 1. The summed E-state index contributed by atoms with van der Waals surface area (Å²) >= 11 is 0. The number of rotatable bonds is 3. The molecule has 0 amide bonds. The van der Waals surface area contributed by atoms with Gasteiger partial charge in [-0.15, -0.1) is 0 Å². The van der Waals surface area contributed by atoms with E-state index in [9.17, 15) is 35.2 Å². The average Bonchev–Trinajstić information content (AvgIpc) is 1.92. The normalized spacial score (nSPS) is 17.9. The second-order valence-corrected chi connectivity index (χ2v) is 6.26. The minimum absolute atomic E-state index is 0.480. The van der Waals surface area contributed by atoms with E-state index in [0.29, 0.717) is 20.8 Å². The van der Waals surface area contributed by atoms with Crippen LogP contribution in [0.5, 0.6) is 0 Å². The van der Waals surface area contributed by atoms with Crippen LogP contribution >= 0.6 is 0 Å². The van der Waals surface area contributed by atoms with E-state index in [0.717, 1.165) is 0 Å². The molecule has 0 aromatic carbocycles. The van der Waals surface area contributed by atoms with Gasteiger partial charge in [0, 0.05) is 0 Å². The van der Waals surface area contributed by atoms with Crippen LogP contribution in [0.2, 0.25) is 0 Å². The molecule has 0 saturated carbocycles. The molecule has 0 rings (SSSR count). The lowest BCUT2D eigenvalue weighted by atomic mass is 9.65. The van der Waals surface area contributed by atoms with Crippen molar-refractivity contribution in [3.05, 3.63) is 0 Å². The van der Waals surface area contributed by atoms with Crippen LogP contribution < -0.4 is 0 Å². The van der Waals surface area contributed by atoms with Gasteiger partial charge in [-0.05, 0) is 5.41 Å². The molecular weight excluding hydrogens is 303 g/mol. The van der Waals surface area contributed by atoms with Crippen LogP contribution in [-0.2, 0) is 14.9 Å². The van der Waals surface area contributed by atoms with Gasteiger partial charge in [0.25, 0.3) is 0 Å². The standard InChI is InChI=1S/C8H11F5O5S/c1-5(2,3)6(4(14)15,7(9,10)11)8(12,13)19(16,17)18/h1-3H3,(H,14,15)(H,16,17,18). The Labute approximate surface area is 105 Å². The third-order valence-corrected chi connectivity index (χ3v) is 3.59. The van der Waals surface area contributed by atoms with Gasteiger partial charge in [-0.2, -0.15) is 30.4 Å². The summed E-state index contributed by atoms with van der Waals surface area (Å²) in [5.41, 5.74) is -7.75. The third kappa shape index (κ3) is 2.29. The maximum Gasteiger partial charge on any atom is 0.412 e. The summed E-state index contributed by atoms with van der Waals surface area (Å²) in [6.45, 7) is 1.44. The molecule has 0 aromatic rings. The Balaban J connectivity index is 6.82. The molecule has 0 aromatic heterocycles. The number of hydrogen-bond donors (Lipinski definition) is 2. The first kappa shape index (κ1) is 18.0. The molecule has 0 aliphatic rings. The number of aliphatic carboxylic acids is 1. The fourth-order valence-corrected chi connectivity index (χ4v) is 2.68. The zero-order valence-corrected chi connectivity index (χ0v) is 10.7. The highest BCUT2D eigenvalue weighted by Crippen LogP contribution is 2.61. The van der Waals surface area contributed by atoms with Crippen molar-refractivity contribution in [3.63, 3.8) is 0 Å². The van der Waals surface area contributed by atoms with Crippen LogP contribution in [0.4, 0.5) is 22.0 Å². The first-order valence-corrected chi connectivity index (χ1v) is 6.03. The summed E-state index contributed by atoms with van der Waals surface area (Å²) in [6, 6.07) is 0. The topological polar surface area (TPSA) is 91.7 Å². The monoisotopic (exact) mass is 314 g/mol. The molecule has 5 nitrogen and oxygen atoms in total. The van der Waals surface area contributed by atoms with Crippen LogP contribution in [0.15, 0.2) is 0 Å². The van der Waals surface area contributed by atoms with Crippen molar-refractivity contribution in [2.75, 3.05) is 0 Å². The molecule has 19 heavy (non-hydrogen) atoms. The van der Waals surface area contributed by atoms with Crippen LogP contribution in [0.1, 0.15) is 20.8 Å². The molecule has 0 fully saturated rings. The third-order valence-electron chi connectivity index (χ3n) is 2.63. The number of carboxylic acid groups (broad SMARTS) is 1. The second-order valence-electron chi connectivity index (χ2n) is 4.79. The van der Waals surface area contributed by atoms with Crippen molar-refractivity contribution in [1.82, 2.24) is 0 Å². The predicted octanol–water partition coefficient (Wildman–Crippen LogP) is 2.15. The Bertz CT molecular complexity index is 459. The van der Waals surface area contributed by atoms with Crippen molar-refractivity contribution < 1.29 is 44.8 Å². The van der Waals surface area contributed by atoms with Gasteiger partial charge in [0.1, 0.15) is 0 Å². The zero-order chi connectivity index (χ0) is 16.1. The Kier molecular flexibility index (Phi) is 4.05. The van der Waals surface area contributed by atoms with E-state index in [2.05, 4.69) is 0 Å². The fourth-order valence-electron chi connectivity index (χ4n) is 1.79. The van der Waals surface area contributed by atoms with Gasteiger partial charge >= 0.3 is 27.5 Å². The van der Waals surface area contributed by atoms with E-state index in [4.69, 9.17) is 9.66 Å². The quantitative estimate of drug-likeness (QED) is 0.615. The van der Waals surface area contributed by atoms with Crippen molar-refractivity contribution in [3.8, 4) is 0 Å². The van der Waals surface area contributed by atoms with Crippen LogP contribution in [0.3, 0.4) is 0 Å². The van der Waals surface area contributed by atoms with Gasteiger partial charge in [-0.1, -0.05) is 20.8 Å². The maximum absolute atomic E-state index is 13.6. The molecule has 0 spiro atoms. The summed E-state index contributed by atoms with van der Waals surface area (Å²) in [6.07, 6.45) is -6.13. The van der Waals surface area contributed by atoms with Gasteiger partial charge in [-0.3, -0.25) is 9.35 Å². The molecule has 11 heteroatoms. The lowest BCUT2D eigenvalue weighted by molar-refractivity contribution is -0.303. The molecule has 0 aliphatic heterocycles. The van der Waals surface area contributed by atoms with Crippen molar-refractivity contribution in [2.24, 2.45) is 10.8 Å². The summed E-state index contributed by atoms with van der Waals surface area (Å²) in [5, 5.41) is 2.66. The first-order chi connectivity index (χ1) is 7.94. The fraction of sp³-hybridized carbons (Fsp3) is 0.875. The van der Waals surface area contributed by atoms with Crippen molar-refractivity contribution >= 4 is 16.1 Å². The predicted molar refractivity (Wildman–Crippen MR) is 52.1 cm³/mol. The number of alkyl halides is 5. The molecule has 2 N–H and O–H groups in total. The Morgan fingerprint density at radius 3 is 1.37 bits per heavy atom. The van der Waals surface area contributed by atoms with Gasteiger partial charge in [0.05, 0.1) is 0 Å². The molecule has 0 saturated heterocycles. The van der Waals surface area contributed by atoms with Crippen molar-refractivity contribution in [2.45, 2.75) is 32.2 Å². The highest BCUT2D eigenvalue weighted by molar-refractivity contribution is 7.87. The molecule has 0 bridgehead atoms. The van der Waals surface area contributed by atoms with Crippen molar-refractivity contribution in [1.29, 1.82) is 0 Å². The van der Waals surface area contributed by atoms with E-state index in [-0.39, 0.29) is 0 Å². The second kappa shape index (κ2) is 4.27. The molecule has 1 unspecified atom stereocenters. The zero-order valence-electron chi connectivity index (χ0n) is 9.92. The van der Waals surface area contributed by atoms with E-state index in [1.165, 1.54) is 0 Å². The van der Waals surface area contributed by atoms with E-state index >= 15 is 0 Å². The minimum atomic E-state index is -6.61. The van der Waals surface area contributed by atoms with E-state index < -0.39 is 38.3 Å². The number of carbonyl (C=O) groups is 1. The largest absolute Gasteiger partial charge is 0.480 e. The SMILES string of the molecule is CC(C)(C)C(C(=O)O)(C(F)(F)F)C(F)(F)S(=O)(=O)O. The molecule has 0 aliphatic carbocycles. The van der Waals surface area contributed by atoms with Crippen LogP contribution in [-0.4, -0.2) is 35.5 Å². The van der Waals surface area contributed by atoms with Crippen LogP contribution in [0.25, 0.3) is 0 Å². The van der Waals surface area contributed by atoms with E-state index in [1.807, 2.05) is 0 Å². The van der Waals surface area contributed by atoms with Gasteiger partial charge < -0.3 is 5.11 Å². The highest BCUT2D eigenvalue weighted by Gasteiger charge is 2.83. The Morgan fingerprint density at radius 1 is 1.00 bits per heavy atom. The molecule has 0 heterocycles. The lowest BCUT2D eigenvalue weighted by Gasteiger charge is -2.44. The van der Waals surface area contributed by atoms with E-state index in [1.54, 1.807) is 0 Å². The smallest absolute Gasteiger partial charge is 0.412 e. The summed E-state index contributed by atoms with van der Waals surface area (Å²) < 4.78 is 95.2. The average molecular weight is 314 g/mol. The van der Waals surface area contributed by atoms with Gasteiger partial charge in [-0.25, -0.2) is 0 Å². The van der Waals surface area contributed by atoms with Crippen LogP contribution in [0, 0.1) is 10.8 Å². The lowest BCUT2D eigenvalue weighted by Crippen LogP contribution is -2.66. The first-order valence-electron chi connectivity index (χ1n) is 4.59. The molecule has 114 valence electrons. The number of hydrogen-bond acceptors (Lipinski definition) is 3. The van der Waals surface area contributed by atoms with Gasteiger partial charge in [0.2, 0.25) is 5.41 Å². The summed E-state index contributed by atoms with van der Waals surface area (Å²) in [7, 11) is -6.61. The maximum atomic E-state index is 13.6. The minimum Gasteiger partial charge on any atom is -0.480 e. The molecule has 1 atom stereocenters. The number of halogens is 5. The Hall–Kier alpha value is -0.970. The Morgan fingerprint density at radius 2 is 1.32 bits per heavy atom. The van der Waals surface area contributed by atoms with Gasteiger partial charge in [0.15, 0.2) is 0 Å². The summed E-state index contributed by atoms with van der Waals surface area (Å²) in [5.74, 6) is -3.10.